The van der Waals surface area contributed by atoms with Crippen molar-refractivity contribution in [3.8, 4) is 0 Å². The summed E-state index contributed by atoms with van der Waals surface area (Å²) in [6.45, 7) is 1.32. The van der Waals surface area contributed by atoms with Crippen LogP contribution in [0.1, 0.15) is 24.8 Å². The summed E-state index contributed by atoms with van der Waals surface area (Å²) in [6.07, 6.45) is 1.07. The number of amides is 2. The van der Waals surface area contributed by atoms with E-state index in [2.05, 4.69) is 15.4 Å². The van der Waals surface area contributed by atoms with E-state index in [9.17, 15) is 9.59 Å². The number of carbonyl (C=O) groups is 2. The lowest BCUT2D eigenvalue weighted by Crippen LogP contribution is -2.30. The molecule has 0 aliphatic carbocycles. The van der Waals surface area contributed by atoms with E-state index >= 15 is 0 Å². The summed E-state index contributed by atoms with van der Waals surface area (Å²) in [5, 5.41) is 9.24. The maximum atomic E-state index is 12.2. The monoisotopic (exact) mass is 330 g/mol. The van der Waals surface area contributed by atoms with Crippen LogP contribution >= 0.6 is 11.8 Å². The van der Waals surface area contributed by atoms with Gasteiger partial charge in [-0.05, 0) is 5.56 Å². The maximum absolute atomic E-state index is 12.2. The first-order chi connectivity index (χ1) is 11.2. The van der Waals surface area contributed by atoms with Gasteiger partial charge in [0.25, 0.3) is 0 Å². The molecular weight excluding hydrogens is 312 g/mol. The smallest absolute Gasteiger partial charge is 0.243 e. The van der Waals surface area contributed by atoms with Crippen LogP contribution in [0.2, 0.25) is 0 Å². The van der Waals surface area contributed by atoms with Crippen LogP contribution in [0, 0.1) is 0 Å². The molecule has 1 N–H and O–H groups in total. The van der Waals surface area contributed by atoms with Gasteiger partial charge in [0.1, 0.15) is 0 Å². The van der Waals surface area contributed by atoms with E-state index in [0.29, 0.717) is 11.7 Å². The summed E-state index contributed by atoms with van der Waals surface area (Å²) in [4.78, 5) is 28.1. The number of benzene rings is 1. The largest absolute Gasteiger partial charge is 0.305 e. The molecule has 2 aliphatic heterocycles. The first-order valence-electron chi connectivity index (χ1n) is 7.63. The third-order valence-corrected chi connectivity index (χ3v) is 4.49. The van der Waals surface area contributed by atoms with Gasteiger partial charge in [-0.1, -0.05) is 42.1 Å². The highest BCUT2D eigenvalue weighted by molar-refractivity contribution is 8.14. The highest BCUT2D eigenvalue weighted by atomic mass is 32.2. The lowest BCUT2D eigenvalue weighted by atomic mass is 10.1. The number of hydrazone groups is 1. The van der Waals surface area contributed by atoms with Crippen molar-refractivity contribution >= 4 is 34.5 Å². The zero-order valence-electron chi connectivity index (χ0n) is 12.7. The first kappa shape index (κ1) is 15.7. The predicted molar refractivity (Wildman–Crippen MR) is 91.4 cm³/mol. The molecule has 23 heavy (non-hydrogen) atoms. The van der Waals surface area contributed by atoms with Gasteiger partial charge in [0.15, 0.2) is 5.17 Å². The molecule has 2 amide bonds. The molecular formula is C16H18N4O2S. The van der Waals surface area contributed by atoms with Crippen LogP contribution in [0.5, 0.6) is 0 Å². The SMILES string of the molecule is O=C(CCC(=O)N1CCC(c2ccccc2)=N1)NC1=NCCS1. The quantitative estimate of drug-likeness (QED) is 0.912. The lowest BCUT2D eigenvalue weighted by molar-refractivity contribution is -0.132. The van der Waals surface area contributed by atoms with Crippen LogP contribution in [0.4, 0.5) is 0 Å². The average Bonchev–Trinajstić information content (AvgIpc) is 3.25. The van der Waals surface area contributed by atoms with Gasteiger partial charge in [-0.15, -0.1) is 0 Å². The second-order valence-electron chi connectivity index (χ2n) is 5.26. The number of hydrogen-bond donors (Lipinski definition) is 1. The van der Waals surface area contributed by atoms with Crippen molar-refractivity contribution < 1.29 is 9.59 Å². The number of nitrogens with zero attached hydrogens (tertiary/aromatic N) is 3. The van der Waals surface area contributed by atoms with Gasteiger partial charge in [-0.25, -0.2) is 5.01 Å². The van der Waals surface area contributed by atoms with Crippen LogP contribution in [-0.2, 0) is 9.59 Å². The van der Waals surface area contributed by atoms with Crippen LogP contribution in [0.3, 0.4) is 0 Å². The normalized spacial score (nSPS) is 17.0. The first-order valence-corrected chi connectivity index (χ1v) is 8.61. The number of nitrogens with one attached hydrogen (secondary N) is 1. The Morgan fingerprint density at radius 3 is 2.78 bits per heavy atom. The van der Waals surface area contributed by atoms with Crippen molar-refractivity contribution in [1.82, 2.24) is 10.3 Å². The summed E-state index contributed by atoms with van der Waals surface area (Å²) < 4.78 is 0. The Bertz CT molecular complexity index is 657. The number of thioether (sulfide) groups is 1. The Balaban J connectivity index is 1.49. The molecule has 1 aromatic carbocycles. The lowest BCUT2D eigenvalue weighted by Gasteiger charge is -2.11. The standard InChI is InChI=1S/C16H18N4O2S/c21-14(18-16-17-9-11-23-16)6-7-15(22)20-10-8-13(19-20)12-4-2-1-3-5-12/h1-5H,6-11H2,(H,17,18,21). The van der Waals surface area contributed by atoms with Crippen molar-refractivity contribution in [1.29, 1.82) is 0 Å². The number of rotatable bonds is 4. The van der Waals surface area contributed by atoms with Gasteiger partial charge >= 0.3 is 0 Å². The molecule has 6 nitrogen and oxygen atoms in total. The molecule has 2 aliphatic rings. The molecule has 0 aromatic heterocycles. The second kappa shape index (κ2) is 7.41. The fourth-order valence-electron chi connectivity index (χ4n) is 2.41. The third-order valence-electron chi connectivity index (χ3n) is 3.59. The molecule has 0 fully saturated rings. The minimum atomic E-state index is -0.169. The Kier molecular flexibility index (Phi) is 5.07. The van der Waals surface area contributed by atoms with E-state index in [1.165, 1.54) is 16.8 Å². The van der Waals surface area contributed by atoms with E-state index in [4.69, 9.17) is 0 Å². The van der Waals surface area contributed by atoms with Crippen LogP contribution < -0.4 is 5.32 Å². The van der Waals surface area contributed by atoms with E-state index < -0.39 is 0 Å². The Labute approximate surface area is 139 Å². The van der Waals surface area contributed by atoms with Crippen LogP contribution in [-0.4, -0.2) is 46.5 Å². The van der Waals surface area contributed by atoms with E-state index in [1.807, 2.05) is 30.3 Å². The Hall–Kier alpha value is -2.15. The van der Waals surface area contributed by atoms with Crippen LogP contribution in [0.25, 0.3) is 0 Å². The van der Waals surface area contributed by atoms with Gasteiger partial charge in [-0.2, -0.15) is 5.10 Å². The number of hydrogen-bond acceptors (Lipinski definition) is 5. The second-order valence-corrected chi connectivity index (χ2v) is 6.35. The summed E-state index contributed by atoms with van der Waals surface area (Å²) >= 11 is 1.53. The molecule has 120 valence electrons. The molecule has 0 saturated carbocycles. The average molecular weight is 330 g/mol. The highest BCUT2D eigenvalue weighted by Gasteiger charge is 2.22. The molecule has 0 bridgehead atoms. The van der Waals surface area contributed by atoms with Crippen molar-refractivity contribution in [3.05, 3.63) is 35.9 Å². The number of carbonyl (C=O) groups excluding carboxylic acids is 2. The van der Waals surface area contributed by atoms with Crippen LogP contribution in [0.15, 0.2) is 40.4 Å². The summed E-state index contributed by atoms with van der Waals surface area (Å²) in [5.74, 6) is 0.615. The third kappa shape index (κ3) is 4.19. The molecule has 1 aromatic rings. The molecule has 0 atom stereocenters. The fourth-order valence-corrected chi connectivity index (χ4v) is 3.16. The van der Waals surface area contributed by atoms with E-state index in [-0.39, 0.29) is 24.7 Å². The number of aliphatic imine (C=N–C) groups is 1. The molecule has 3 rings (SSSR count). The van der Waals surface area contributed by atoms with Gasteiger partial charge in [0.2, 0.25) is 11.8 Å². The van der Waals surface area contributed by atoms with Gasteiger partial charge in [0, 0.05) is 25.0 Å². The highest BCUT2D eigenvalue weighted by Crippen LogP contribution is 2.15. The van der Waals surface area contributed by atoms with Crippen molar-refractivity contribution in [3.63, 3.8) is 0 Å². The summed E-state index contributed by atoms with van der Waals surface area (Å²) in [6, 6.07) is 9.83. The van der Waals surface area contributed by atoms with Crippen molar-refractivity contribution in [2.45, 2.75) is 19.3 Å². The van der Waals surface area contributed by atoms with E-state index in [1.54, 1.807) is 0 Å². The van der Waals surface area contributed by atoms with E-state index in [0.717, 1.165) is 30.0 Å². The van der Waals surface area contributed by atoms with Gasteiger partial charge < -0.3 is 5.32 Å². The minimum Gasteiger partial charge on any atom is -0.305 e. The van der Waals surface area contributed by atoms with Gasteiger partial charge in [-0.3, -0.25) is 14.6 Å². The zero-order chi connectivity index (χ0) is 16.1. The van der Waals surface area contributed by atoms with Crippen molar-refractivity contribution in [2.24, 2.45) is 10.1 Å². The molecule has 2 heterocycles. The zero-order valence-corrected chi connectivity index (χ0v) is 13.5. The summed E-state index contributed by atoms with van der Waals surface area (Å²) in [7, 11) is 0. The Morgan fingerprint density at radius 2 is 2.04 bits per heavy atom. The maximum Gasteiger partial charge on any atom is 0.243 e. The molecule has 0 spiro atoms. The molecule has 0 radical (unpaired) electrons. The molecule has 0 saturated heterocycles. The molecule has 0 unspecified atom stereocenters. The predicted octanol–water partition coefficient (Wildman–Crippen LogP) is 1.62. The Morgan fingerprint density at radius 1 is 1.22 bits per heavy atom. The fraction of sp³-hybridized carbons (Fsp3) is 0.375. The summed E-state index contributed by atoms with van der Waals surface area (Å²) in [5.41, 5.74) is 1.96. The van der Waals surface area contributed by atoms with Gasteiger partial charge in [0.05, 0.1) is 18.8 Å². The van der Waals surface area contributed by atoms with Crippen molar-refractivity contribution in [2.75, 3.05) is 18.8 Å². The number of amidine groups is 1. The molecule has 7 heteroatoms. The minimum absolute atomic E-state index is 0.118. The topological polar surface area (TPSA) is 74.1 Å².